The van der Waals surface area contributed by atoms with Crippen molar-refractivity contribution in [3.05, 3.63) is 23.8 Å². The normalized spacial score (nSPS) is 21.1. The molecule has 1 atom stereocenters. The SMILES string of the molecule is O=C1COc2cc(C(=O)N3CCC(CO)C3)ccc2N1. The first-order chi connectivity index (χ1) is 9.67. The molecule has 106 valence electrons. The largest absolute Gasteiger partial charge is 0.482 e. The van der Waals surface area contributed by atoms with Crippen molar-refractivity contribution in [3.63, 3.8) is 0 Å². The number of nitrogens with one attached hydrogen (secondary N) is 1. The number of hydrogen-bond acceptors (Lipinski definition) is 4. The van der Waals surface area contributed by atoms with Crippen molar-refractivity contribution >= 4 is 17.5 Å². The van der Waals surface area contributed by atoms with E-state index in [4.69, 9.17) is 9.84 Å². The Hall–Kier alpha value is -2.08. The van der Waals surface area contributed by atoms with Crippen LogP contribution in [0.1, 0.15) is 16.8 Å². The van der Waals surface area contributed by atoms with Crippen LogP contribution in [0.25, 0.3) is 0 Å². The molecular weight excluding hydrogens is 260 g/mol. The number of carbonyl (C=O) groups excluding carboxylic acids is 2. The number of aliphatic hydroxyl groups excluding tert-OH is 1. The van der Waals surface area contributed by atoms with Crippen LogP contribution in [0.5, 0.6) is 5.75 Å². The summed E-state index contributed by atoms with van der Waals surface area (Å²) in [5, 5.41) is 11.8. The van der Waals surface area contributed by atoms with Crippen LogP contribution in [-0.4, -0.2) is 48.1 Å². The quantitative estimate of drug-likeness (QED) is 0.823. The summed E-state index contributed by atoms with van der Waals surface area (Å²) in [7, 11) is 0. The van der Waals surface area contributed by atoms with Gasteiger partial charge in [-0.05, 0) is 24.6 Å². The molecule has 1 aromatic carbocycles. The van der Waals surface area contributed by atoms with Crippen molar-refractivity contribution in [3.8, 4) is 5.75 Å². The number of aliphatic hydroxyl groups is 1. The molecule has 6 heteroatoms. The number of amides is 2. The summed E-state index contributed by atoms with van der Waals surface area (Å²) in [4.78, 5) is 25.3. The molecule has 2 amide bonds. The maximum atomic E-state index is 12.4. The molecule has 0 radical (unpaired) electrons. The molecule has 0 aromatic heterocycles. The lowest BCUT2D eigenvalue weighted by Crippen LogP contribution is -2.30. The Kier molecular flexibility index (Phi) is 3.31. The summed E-state index contributed by atoms with van der Waals surface area (Å²) in [6.07, 6.45) is 0.833. The zero-order valence-electron chi connectivity index (χ0n) is 11.0. The third kappa shape index (κ3) is 2.34. The van der Waals surface area contributed by atoms with Crippen molar-refractivity contribution in [2.75, 3.05) is 31.6 Å². The van der Waals surface area contributed by atoms with E-state index in [0.29, 0.717) is 30.1 Å². The molecular formula is C14H16N2O4. The monoisotopic (exact) mass is 276 g/mol. The molecule has 0 aliphatic carbocycles. The van der Waals surface area contributed by atoms with Crippen LogP contribution in [0.2, 0.25) is 0 Å². The van der Waals surface area contributed by atoms with Gasteiger partial charge in [-0.3, -0.25) is 9.59 Å². The predicted octanol–water partition coefficient (Wildman–Crippen LogP) is 0.472. The number of fused-ring (bicyclic) bond motifs is 1. The van der Waals surface area contributed by atoms with E-state index in [2.05, 4.69) is 5.32 Å². The van der Waals surface area contributed by atoms with Gasteiger partial charge in [-0.25, -0.2) is 0 Å². The Morgan fingerprint density at radius 1 is 1.50 bits per heavy atom. The second-order valence-electron chi connectivity index (χ2n) is 5.14. The Morgan fingerprint density at radius 3 is 3.10 bits per heavy atom. The molecule has 2 N–H and O–H groups in total. The molecule has 2 heterocycles. The zero-order chi connectivity index (χ0) is 14.1. The van der Waals surface area contributed by atoms with Crippen molar-refractivity contribution in [2.24, 2.45) is 5.92 Å². The smallest absolute Gasteiger partial charge is 0.262 e. The second-order valence-corrected chi connectivity index (χ2v) is 5.14. The molecule has 1 fully saturated rings. The summed E-state index contributed by atoms with van der Waals surface area (Å²) in [5.74, 6) is 0.437. The van der Waals surface area contributed by atoms with Gasteiger partial charge in [0.15, 0.2) is 6.61 Å². The summed E-state index contributed by atoms with van der Waals surface area (Å²) in [6.45, 7) is 1.34. The minimum Gasteiger partial charge on any atom is -0.482 e. The molecule has 20 heavy (non-hydrogen) atoms. The Bertz CT molecular complexity index is 558. The summed E-state index contributed by atoms with van der Waals surface area (Å²) in [6, 6.07) is 5.02. The third-order valence-electron chi connectivity index (χ3n) is 3.69. The van der Waals surface area contributed by atoms with Gasteiger partial charge in [0.2, 0.25) is 0 Å². The molecule has 1 unspecified atom stereocenters. The van der Waals surface area contributed by atoms with Crippen LogP contribution in [0, 0.1) is 5.92 Å². The van der Waals surface area contributed by atoms with E-state index in [0.717, 1.165) is 6.42 Å². The van der Waals surface area contributed by atoms with Crippen LogP contribution in [0.15, 0.2) is 18.2 Å². The molecule has 0 saturated carbocycles. The Morgan fingerprint density at radius 2 is 2.35 bits per heavy atom. The standard InChI is InChI=1S/C14H16N2O4/c17-7-9-3-4-16(6-9)14(19)10-1-2-11-12(5-10)20-8-13(18)15-11/h1-2,5,9,17H,3-4,6-8H2,(H,15,18). The number of rotatable bonds is 2. The van der Waals surface area contributed by atoms with Crippen LogP contribution in [0.4, 0.5) is 5.69 Å². The maximum Gasteiger partial charge on any atom is 0.262 e. The number of likely N-dealkylation sites (tertiary alicyclic amines) is 1. The molecule has 1 aromatic rings. The minimum atomic E-state index is -0.193. The molecule has 2 aliphatic heterocycles. The molecule has 6 nitrogen and oxygen atoms in total. The summed E-state index contributed by atoms with van der Waals surface area (Å²) in [5.41, 5.74) is 1.13. The number of anilines is 1. The molecule has 0 spiro atoms. The Labute approximate surface area is 116 Å². The number of benzene rings is 1. The zero-order valence-corrected chi connectivity index (χ0v) is 11.0. The van der Waals surface area contributed by atoms with Crippen molar-refractivity contribution < 1.29 is 19.4 Å². The summed E-state index contributed by atoms with van der Waals surface area (Å²) < 4.78 is 5.31. The number of nitrogens with zero attached hydrogens (tertiary/aromatic N) is 1. The van der Waals surface area contributed by atoms with Gasteiger partial charge >= 0.3 is 0 Å². The van der Waals surface area contributed by atoms with E-state index in [1.165, 1.54) is 0 Å². The van der Waals surface area contributed by atoms with Crippen LogP contribution >= 0.6 is 0 Å². The second kappa shape index (κ2) is 5.13. The Balaban J connectivity index is 1.78. The first-order valence-electron chi connectivity index (χ1n) is 6.64. The fourth-order valence-electron chi connectivity index (χ4n) is 2.56. The molecule has 1 saturated heterocycles. The first-order valence-corrected chi connectivity index (χ1v) is 6.64. The average Bonchev–Trinajstić information content (AvgIpc) is 2.95. The lowest BCUT2D eigenvalue weighted by Gasteiger charge is -2.20. The number of hydrogen-bond donors (Lipinski definition) is 2. The van der Waals surface area contributed by atoms with Gasteiger partial charge in [0.05, 0.1) is 5.69 Å². The molecule has 2 aliphatic rings. The van der Waals surface area contributed by atoms with E-state index in [1.54, 1.807) is 23.1 Å². The van der Waals surface area contributed by atoms with Gasteiger partial charge in [0, 0.05) is 31.2 Å². The van der Waals surface area contributed by atoms with Crippen LogP contribution in [-0.2, 0) is 4.79 Å². The van der Waals surface area contributed by atoms with Gasteiger partial charge in [0.1, 0.15) is 5.75 Å². The fraction of sp³-hybridized carbons (Fsp3) is 0.429. The number of ether oxygens (including phenoxy) is 1. The highest BCUT2D eigenvalue weighted by Gasteiger charge is 2.27. The highest BCUT2D eigenvalue weighted by molar-refractivity contribution is 5.99. The maximum absolute atomic E-state index is 12.4. The topological polar surface area (TPSA) is 78.9 Å². The minimum absolute atomic E-state index is 0.0268. The van der Waals surface area contributed by atoms with E-state index in [1.807, 2.05) is 0 Å². The fourth-order valence-corrected chi connectivity index (χ4v) is 2.56. The van der Waals surface area contributed by atoms with E-state index < -0.39 is 0 Å². The van der Waals surface area contributed by atoms with Gasteiger partial charge in [-0.2, -0.15) is 0 Å². The van der Waals surface area contributed by atoms with Gasteiger partial charge in [-0.15, -0.1) is 0 Å². The number of carbonyl (C=O) groups is 2. The molecule has 0 bridgehead atoms. The van der Waals surface area contributed by atoms with Gasteiger partial charge in [-0.1, -0.05) is 0 Å². The first kappa shape index (κ1) is 12.9. The van der Waals surface area contributed by atoms with E-state index in [9.17, 15) is 9.59 Å². The van der Waals surface area contributed by atoms with E-state index in [-0.39, 0.29) is 30.9 Å². The highest BCUT2D eigenvalue weighted by Crippen LogP contribution is 2.29. The lowest BCUT2D eigenvalue weighted by atomic mass is 10.1. The summed E-state index contributed by atoms with van der Waals surface area (Å²) >= 11 is 0. The van der Waals surface area contributed by atoms with Crippen molar-refractivity contribution in [1.82, 2.24) is 4.90 Å². The third-order valence-corrected chi connectivity index (χ3v) is 3.69. The van der Waals surface area contributed by atoms with E-state index >= 15 is 0 Å². The molecule has 3 rings (SSSR count). The van der Waals surface area contributed by atoms with Crippen LogP contribution < -0.4 is 10.1 Å². The lowest BCUT2D eigenvalue weighted by molar-refractivity contribution is -0.118. The van der Waals surface area contributed by atoms with Crippen molar-refractivity contribution in [2.45, 2.75) is 6.42 Å². The van der Waals surface area contributed by atoms with Crippen LogP contribution in [0.3, 0.4) is 0 Å². The highest BCUT2D eigenvalue weighted by atomic mass is 16.5. The predicted molar refractivity (Wildman–Crippen MR) is 71.7 cm³/mol. The van der Waals surface area contributed by atoms with Crippen molar-refractivity contribution in [1.29, 1.82) is 0 Å². The van der Waals surface area contributed by atoms with Gasteiger partial charge < -0.3 is 20.1 Å². The average molecular weight is 276 g/mol. The van der Waals surface area contributed by atoms with Gasteiger partial charge in [0.25, 0.3) is 11.8 Å².